The van der Waals surface area contributed by atoms with E-state index in [1.54, 1.807) is 0 Å². The van der Waals surface area contributed by atoms with Crippen molar-refractivity contribution >= 4 is 27.7 Å². The number of halogens is 1. The predicted molar refractivity (Wildman–Crippen MR) is 104 cm³/mol. The van der Waals surface area contributed by atoms with Crippen LogP contribution in [0, 0.1) is 11.8 Å². The number of rotatable bonds is 7. The molecule has 25 heavy (non-hydrogen) atoms. The molecule has 1 aromatic rings. The molecule has 5 heteroatoms. The van der Waals surface area contributed by atoms with Crippen molar-refractivity contribution in [2.24, 2.45) is 11.8 Å². The second kappa shape index (κ2) is 9.95. The third kappa shape index (κ3) is 6.81. The Labute approximate surface area is 159 Å². The lowest BCUT2D eigenvalue weighted by Gasteiger charge is -2.27. The largest absolute Gasteiger partial charge is 0.347 e. The molecule has 1 heterocycles. The van der Waals surface area contributed by atoms with Crippen LogP contribution in [0.2, 0.25) is 0 Å². The normalized spacial score (nSPS) is 15.9. The SMILES string of the molecule is CC(C)CC(Cc1cccc(Br)c1)C(=O)NCC(=O)N1CCCCC1. The highest BCUT2D eigenvalue weighted by Crippen LogP contribution is 2.20. The fraction of sp³-hybridized carbons (Fsp3) is 0.600. The van der Waals surface area contributed by atoms with Crippen LogP contribution in [0.15, 0.2) is 28.7 Å². The zero-order valence-corrected chi connectivity index (χ0v) is 16.8. The number of piperidine rings is 1. The van der Waals surface area contributed by atoms with Crippen molar-refractivity contribution in [1.82, 2.24) is 10.2 Å². The van der Waals surface area contributed by atoms with E-state index in [-0.39, 0.29) is 24.3 Å². The van der Waals surface area contributed by atoms with Crippen LogP contribution in [0.25, 0.3) is 0 Å². The molecule has 138 valence electrons. The Morgan fingerprint density at radius 3 is 2.56 bits per heavy atom. The fourth-order valence-electron chi connectivity index (χ4n) is 3.36. The lowest BCUT2D eigenvalue weighted by atomic mass is 9.90. The van der Waals surface area contributed by atoms with Crippen LogP contribution in [0.5, 0.6) is 0 Å². The molecule has 0 spiro atoms. The van der Waals surface area contributed by atoms with Crippen molar-refractivity contribution in [2.45, 2.75) is 46.0 Å². The molecule has 1 N–H and O–H groups in total. The van der Waals surface area contributed by atoms with Gasteiger partial charge in [-0.25, -0.2) is 0 Å². The minimum absolute atomic E-state index is 0.0148. The van der Waals surface area contributed by atoms with E-state index < -0.39 is 0 Å². The van der Waals surface area contributed by atoms with Gasteiger partial charge in [-0.05, 0) is 55.7 Å². The summed E-state index contributed by atoms with van der Waals surface area (Å²) in [5.41, 5.74) is 1.14. The molecule has 1 fully saturated rings. The second-order valence-corrected chi connectivity index (χ2v) is 8.24. The van der Waals surface area contributed by atoms with E-state index in [0.29, 0.717) is 12.3 Å². The average Bonchev–Trinajstić information content (AvgIpc) is 2.59. The van der Waals surface area contributed by atoms with Crippen LogP contribution >= 0.6 is 15.9 Å². The van der Waals surface area contributed by atoms with Gasteiger partial charge in [-0.1, -0.05) is 41.9 Å². The summed E-state index contributed by atoms with van der Waals surface area (Å²) < 4.78 is 1.02. The summed E-state index contributed by atoms with van der Waals surface area (Å²) in [7, 11) is 0. The number of amides is 2. The molecular formula is C20H29BrN2O2. The Morgan fingerprint density at radius 1 is 1.20 bits per heavy atom. The van der Waals surface area contributed by atoms with E-state index in [4.69, 9.17) is 0 Å². The molecule has 1 aromatic carbocycles. The summed E-state index contributed by atoms with van der Waals surface area (Å²) in [6.45, 7) is 6.01. The molecule has 0 aliphatic carbocycles. The highest BCUT2D eigenvalue weighted by atomic mass is 79.9. The third-order valence-electron chi connectivity index (χ3n) is 4.62. The molecule has 0 radical (unpaired) electrons. The number of carbonyl (C=O) groups is 2. The summed E-state index contributed by atoms with van der Waals surface area (Å²) >= 11 is 3.48. The number of hydrogen-bond acceptors (Lipinski definition) is 2. The molecule has 2 rings (SSSR count). The maximum absolute atomic E-state index is 12.7. The Hall–Kier alpha value is -1.36. The smallest absolute Gasteiger partial charge is 0.241 e. The van der Waals surface area contributed by atoms with E-state index >= 15 is 0 Å². The van der Waals surface area contributed by atoms with Crippen LogP contribution < -0.4 is 5.32 Å². The summed E-state index contributed by atoms with van der Waals surface area (Å²) in [6.07, 6.45) is 4.84. The first-order chi connectivity index (χ1) is 12.0. The quantitative estimate of drug-likeness (QED) is 0.745. The molecule has 1 aliphatic heterocycles. The van der Waals surface area contributed by atoms with Gasteiger partial charge in [-0.2, -0.15) is 0 Å². The third-order valence-corrected chi connectivity index (χ3v) is 5.11. The molecule has 2 amide bonds. The Bertz CT molecular complexity index is 583. The monoisotopic (exact) mass is 408 g/mol. The van der Waals surface area contributed by atoms with Crippen molar-refractivity contribution in [3.63, 3.8) is 0 Å². The van der Waals surface area contributed by atoms with Gasteiger partial charge in [0.2, 0.25) is 11.8 Å². The van der Waals surface area contributed by atoms with Crippen LogP contribution in [0.3, 0.4) is 0 Å². The highest BCUT2D eigenvalue weighted by Gasteiger charge is 2.22. The zero-order chi connectivity index (χ0) is 18.2. The number of hydrogen-bond donors (Lipinski definition) is 1. The lowest BCUT2D eigenvalue weighted by Crippen LogP contribution is -2.44. The minimum Gasteiger partial charge on any atom is -0.347 e. The number of likely N-dealkylation sites (tertiary alicyclic amines) is 1. The maximum Gasteiger partial charge on any atom is 0.241 e. The van der Waals surface area contributed by atoms with Crippen molar-refractivity contribution < 1.29 is 9.59 Å². The number of nitrogens with one attached hydrogen (secondary N) is 1. The standard InChI is InChI=1S/C20H29BrN2O2/c1-15(2)11-17(12-16-7-6-8-18(21)13-16)20(25)22-14-19(24)23-9-4-3-5-10-23/h6-8,13,15,17H,3-5,9-12,14H2,1-2H3,(H,22,25). The van der Waals surface area contributed by atoms with Gasteiger partial charge < -0.3 is 10.2 Å². The fourth-order valence-corrected chi connectivity index (χ4v) is 3.81. The molecular weight excluding hydrogens is 380 g/mol. The van der Waals surface area contributed by atoms with Crippen LogP contribution in [-0.2, 0) is 16.0 Å². The van der Waals surface area contributed by atoms with Gasteiger partial charge in [-0.15, -0.1) is 0 Å². The summed E-state index contributed by atoms with van der Waals surface area (Å²) in [5, 5.41) is 2.88. The highest BCUT2D eigenvalue weighted by molar-refractivity contribution is 9.10. The first kappa shape index (κ1) is 20.0. The first-order valence-electron chi connectivity index (χ1n) is 9.25. The van der Waals surface area contributed by atoms with Crippen LogP contribution in [0.4, 0.5) is 0 Å². The second-order valence-electron chi connectivity index (χ2n) is 7.32. The summed E-state index contributed by atoms with van der Waals surface area (Å²) in [4.78, 5) is 26.8. The van der Waals surface area contributed by atoms with Gasteiger partial charge in [0.25, 0.3) is 0 Å². The first-order valence-corrected chi connectivity index (χ1v) is 10.0. The van der Waals surface area contributed by atoms with Crippen molar-refractivity contribution in [3.8, 4) is 0 Å². The molecule has 1 unspecified atom stereocenters. The van der Waals surface area contributed by atoms with E-state index in [1.807, 2.05) is 23.1 Å². The predicted octanol–water partition coefficient (Wildman–Crippen LogP) is 3.78. The molecule has 4 nitrogen and oxygen atoms in total. The Kier molecular flexibility index (Phi) is 7.94. The van der Waals surface area contributed by atoms with Gasteiger partial charge in [0.1, 0.15) is 0 Å². The van der Waals surface area contributed by atoms with E-state index in [0.717, 1.165) is 42.4 Å². The van der Waals surface area contributed by atoms with E-state index in [1.165, 1.54) is 6.42 Å². The molecule has 1 atom stereocenters. The molecule has 1 saturated heterocycles. The number of benzene rings is 1. The van der Waals surface area contributed by atoms with Crippen LogP contribution in [-0.4, -0.2) is 36.3 Å². The lowest BCUT2D eigenvalue weighted by molar-refractivity contribution is -0.134. The number of nitrogens with zero attached hydrogens (tertiary/aromatic N) is 1. The topological polar surface area (TPSA) is 49.4 Å². The number of carbonyl (C=O) groups excluding carboxylic acids is 2. The molecule has 0 aromatic heterocycles. The van der Waals surface area contributed by atoms with Crippen molar-refractivity contribution in [2.75, 3.05) is 19.6 Å². The molecule has 1 aliphatic rings. The Morgan fingerprint density at radius 2 is 1.92 bits per heavy atom. The van der Waals surface area contributed by atoms with Crippen molar-refractivity contribution in [3.05, 3.63) is 34.3 Å². The molecule has 0 bridgehead atoms. The van der Waals surface area contributed by atoms with Gasteiger partial charge in [0.05, 0.1) is 6.54 Å². The minimum atomic E-state index is -0.108. The van der Waals surface area contributed by atoms with E-state index in [2.05, 4.69) is 41.2 Å². The Balaban J connectivity index is 1.91. The average molecular weight is 409 g/mol. The van der Waals surface area contributed by atoms with Gasteiger partial charge in [-0.3, -0.25) is 9.59 Å². The zero-order valence-electron chi connectivity index (χ0n) is 15.3. The summed E-state index contributed by atoms with van der Waals surface area (Å²) in [5.74, 6) is 0.349. The van der Waals surface area contributed by atoms with Crippen LogP contribution in [0.1, 0.15) is 45.1 Å². The van der Waals surface area contributed by atoms with Gasteiger partial charge in [0, 0.05) is 23.5 Å². The van der Waals surface area contributed by atoms with Gasteiger partial charge in [0.15, 0.2) is 0 Å². The maximum atomic E-state index is 12.7. The molecule has 0 saturated carbocycles. The summed E-state index contributed by atoms with van der Waals surface area (Å²) in [6, 6.07) is 8.08. The van der Waals surface area contributed by atoms with E-state index in [9.17, 15) is 9.59 Å². The van der Waals surface area contributed by atoms with Crippen molar-refractivity contribution in [1.29, 1.82) is 0 Å². The van der Waals surface area contributed by atoms with Gasteiger partial charge >= 0.3 is 0 Å².